The Morgan fingerprint density at radius 2 is 2.32 bits per heavy atom. The summed E-state index contributed by atoms with van der Waals surface area (Å²) in [6.07, 6.45) is 4.64. The first-order valence-electron chi connectivity index (χ1n) is 7.05. The Morgan fingerprint density at radius 3 is 3.05 bits per heavy atom. The van der Waals surface area contributed by atoms with Crippen molar-refractivity contribution in [2.24, 2.45) is 0 Å². The normalized spacial score (nSPS) is 18.9. The van der Waals surface area contributed by atoms with Crippen LogP contribution in [0.5, 0.6) is 5.88 Å². The number of alkyl halides is 1. The van der Waals surface area contributed by atoms with Gasteiger partial charge in [0.1, 0.15) is 11.6 Å². The Morgan fingerprint density at radius 1 is 1.47 bits per heavy atom. The molecule has 2 rings (SSSR count). The standard InChI is InChI=1S/C14H22ClN3O/c1-3-19-14-10-13(16-11(2)17-14)18-9-5-7-12(18)6-4-8-15/h10,12H,3-9H2,1-2H3. The number of nitrogens with zero attached hydrogens (tertiary/aromatic N) is 3. The van der Waals surface area contributed by atoms with E-state index in [1.165, 1.54) is 12.8 Å². The average molecular weight is 284 g/mol. The van der Waals surface area contributed by atoms with Crippen LogP contribution < -0.4 is 9.64 Å². The summed E-state index contributed by atoms with van der Waals surface area (Å²) in [6, 6.07) is 2.51. The van der Waals surface area contributed by atoms with Crippen LogP contribution in [-0.2, 0) is 0 Å². The van der Waals surface area contributed by atoms with Gasteiger partial charge in [-0.05, 0) is 39.5 Å². The van der Waals surface area contributed by atoms with Gasteiger partial charge in [-0.3, -0.25) is 0 Å². The van der Waals surface area contributed by atoms with E-state index < -0.39 is 0 Å². The van der Waals surface area contributed by atoms with Crippen LogP contribution >= 0.6 is 11.6 Å². The summed E-state index contributed by atoms with van der Waals surface area (Å²) < 4.78 is 5.50. The first kappa shape index (κ1) is 14.4. The Labute approximate surface area is 120 Å². The van der Waals surface area contributed by atoms with E-state index in [0.29, 0.717) is 18.5 Å². The summed E-state index contributed by atoms with van der Waals surface area (Å²) in [6.45, 7) is 5.58. The molecule has 0 aromatic carbocycles. The second-order valence-corrected chi connectivity index (χ2v) is 5.24. The third-order valence-corrected chi connectivity index (χ3v) is 3.70. The number of hydrogen-bond acceptors (Lipinski definition) is 4. The molecule has 0 bridgehead atoms. The Bertz CT molecular complexity index is 414. The molecule has 4 nitrogen and oxygen atoms in total. The predicted octanol–water partition coefficient (Wildman–Crippen LogP) is 3.17. The minimum Gasteiger partial charge on any atom is -0.478 e. The minimum atomic E-state index is 0.558. The number of rotatable bonds is 6. The molecule has 0 aliphatic carbocycles. The highest BCUT2D eigenvalue weighted by atomic mass is 35.5. The number of aromatic nitrogens is 2. The zero-order valence-corrected chi connectivity index (χ0v) is 12.5. The van der Waals surface area contributed by atoms with Crippen LogP contribution in [0.3, 0.4) is 0 Å². The quantitative estimate of drug-likeness (QED) is 0.752. The van der Waals surface area contributed by atoms with E-state index in [4.69, 9.17) is 16.3 Å². The molecule has 1 fully saturated rings. The van der Waals surface area contributed by atoms with Gasteiger partial charge in [0, 0.05) is 24.5 Å². The van der Waals surface area contributed by atoms with Crippen LogP contribution in [0.1, 0.15) is 38.4 Å². The van der Waals surface area contributed by atoms with E-state index in [2.05, 4.69) is 14.9 Å². The summed E-state index contributed by atoms with van der Waals surface area (Å²) in [7, 11) is 0. The van der Waals surface area contributed by atoms with Gasteiger partial charge in [-0.1, -0.05) is 0 Å². The van der Waals surface area contributed by atoms with Crippen LogP contribution in [0, 0.1) is 6.92 Å². The molecule has 1 saturated heterocycles. The van der Waals surface area contributed by atoms with E-state index in [1.54, 1.807) is 0 Å². The molecule has 2 heterocycles. The van der Waals surface area contributed by atoms with E-state index >= 15 is 0 Å². The van der Waals surface area contributed by atoms with Gasteiger partial charge in [0.15, 0.2) is 0 Å². The number of aryl methyl sites for hydroxylation is 1. The monoisotopic (exact) mass is 283 g/mol. The molecular weight excluding hydrogens is 262 g/mol. The topological polar surface area (TPSA) is 38.2 Å². The SMILES string of the molecule is CCOc1cc(N2CCCC2CCCCl)nc(C)n1. The van der Waals surface area contributed by atoms with Crippen molar-refractivity contribution >= 4 is 17.4 Å². The first-order chi connectivity index (χ1) is 9.24. The van der Waals surface area contributed by atoms with Crippen LogP contribution in [0.15, 0.2) is 6.07 Å². The van der Waals surface area contributed by atoms with E-state index in [9.17, 15) is 0 Å². The largest absolute Gasteiger partial charge is 0.478 e. The Balaban J connectivity index is 2.15. The van der Waals surface area contributed by atoms with Gasteiger partial charge >= 0.3 is 0 Å². The maximum Gasteiger partial charge on any atom is 0.218 e. The lowest BCUT2D eigenvalue weighted by Gasteiger charge is -2.26. The maximum absolute atomic E-state index is 5.80. The van der Waals surface area contributed by atoms with Gasteiger partial charge in [0.25, 0.3) is 0 Å². The lowest BCUT2D eigenvalue weighted by molar-refractivity contribution is 0.325. The van der Waals surface area contributed by atoms with Gasteiger partial charge in [0.05, 0.1) is 6.61 Å². The molecule has 0 saturated carbocycles. The molecule has 0 N–H and O–H groups in total. The van der Waals surface area contributed by atoms with Crippen molar-refractivity contribution in [3.63, 3.8) is 0 Å². The zero-order chi connectivity index (χ0) is 13.7. The maximum atomic E-state index is 5.80. The summed E-state index contributed by atoms with van der Waals surface area (Å²) in [5.74, 6) is 3.17. The molecule has 1 unspecified atom stereocenters. The second-order valence-electron chi connectivity index (χ2n) is 4.87. The molecule has 106 valence electrons. The highest BCUT2D eigenvalue weighted by Gasteiger charge is 2.25. The predicted molar refractivity (Wildman–Crippen MR) is 78.3 cm³/mol. The number of ether oxygens (including phenoxy) is 1. The molecule has 0 spiro atoms. The van der Waals surface area contributed by atoms with Crippen molar-refractivity contribution in [3.05, 3.63) is 11.9 Å². The summed E-state index contributed by atoms with van der Waals surface area (Å²) in [4.78, 5) is 11.2. The van der Waals surface area contributed by atoms with Crippen molar-refractivity contribution in [3.8, 4) is 5.88 Å². The lowest BCUT2D eigenvalue weighted by atomic mass is 10.1. The van der Waals surface area contributed by atoms with Crippen molar-refractivity contribution in [2.75, 3.05) is 23.9 Å². The first-order valence-corrected chi connectivity index (χ1v) is 7.59. The number of anilines is 1. The average Bonchev–Trinajstić information content (AvgIpc) is 2.84. The van der Waals surface area contributed by atoms with Crippen LogP contribution in [-0.4, -0.2) is 35.0 Å². The van der Waals surface area contributed by atoms with Crippen LogP contribution in [0.4, 0.5) is 5.82 Å². The fourth-order valence-electron chi connectivity index (χ4n) is 2.64. The lowest BCUT2D eigenvalue weighted by Crippen LogP contribution is -2.30. The van der Waals surface area contributed by atoms with Gasteiger partial charge in [-0.2, -0.15) is 4.98 Å². The highest BCUT2D eigenvalue weighted by Crippen LogP contribution is 2.28. The molecule has 0 radical (unpaired) electrons. The van der Waals surface area contributed by atoms with Gasteiger partial charge in [-0.15, -0.1) is 11.6 Å². The molecular formula is C14H22ClN3O. The second kappa shape index (κ2) is 6.94. The Kier molecular flexibility index (Phi) is 5.25. The summed E-state index contributed by atoms with van der Waals surface area (Å²) in [5, 5.41) is 0. The molecule has 19 heavy (non-hydrogen) atoms. The van der Waals surface area contributed by atoms with Gasteiger partial charge in [-0.25, -0.2) is 4.98 Å². The number of halogens is 1. The summed E-state index contributed by atoms with van der Waals surface area (Å²) >= 11 is 5.80. The van der Waals surface area contributed by atoms with Crippen LogP contribution in [0.25, 0.3) is 0 Å². The van der Waals surface area contributed by atoms with Crippen molar-refractivity contribution in [1.29, 1.82) is 0 Å². The Hall–Kier alpha value is -1.03. The number of hydrogen-bond donors (Lipinski definition) is 0. The summed E-state index contributed by atoms with van der Waals surface area (Å²) in [5.41, 5.74) is 0. The van der Waals surface area contributed by atoms with Crippen molar-refractivity contribution < 1.29 is 4.74 Å². The van der Waals surface area contributed by atoms with E-state index in [-0.39, 0.29) is 0 Å². The van der Waals surface area contributed by atoms with E-state index in [0.717, 1.165) is 36.9 Å². The molecule has 1 atom stereocenters. The highest BCUT2D eigenvalue weighted by molar-refractivity contribution is 6.17. The van der Waals surface area contributed by atoms with Crippen LogP contribution in [0.2, 0.25) is 0 Å². The molecule has 1 aromatic rings. The smallest absolute Gasteiger partial charge is 0.218 e. The van der Waals surface area contributed by atoms with E-state index in [1.807, 2.05) is 19.9 Å². The molecule has 1 aliphatic rings. The fourth-order valence-corrected chi connectivity index (χ4v) is 2.80. The third-order valence-electron chi connectivity index (χ3n) is 3.44. The third kappa shape index (κ3) is 3.72. The zero-order valence-electron chi connectivity index (χ0n) is 11.7. The molecule has 1 aliphatic heterocycles. The van der Waals surface area contributed by atoms with Gasteiger partial charge < -0.3 is 9.64 Å². The van der Waals surface area contributed by atoms with Crippen molar-refractivity contribution in [2.45, 2.75) is 45.6 Å². The minimum absolute atomic E-state index is 0.558. The fraction of sp³-hybridized carbons (Fsp3) is 0.714. The molecule has 0 amide bonds. The van der Waals surface area contributed by atoms with Crippen molar-refractivity contribution in [1.82, 2.24) is 9.97 Å². The van der Waals surface area contributed by atoms with Gasteiger partial charge in [0.2, 0.25) is 5.88 Å². The molecule has 1 aromatic heterocycles. The molecule has 5 heteroatoms.